The maximum Gasteiger partial charge on any atom is 0.0319 e. The summed E-state index contributed by atoms with van der Waals surface area (Å²) in [4.78, 5) is 2.28. The van der Waals surface area contributed by atoms with Gasteiger partial charge in [-0.15, -0.1) is 0 Å². The molecule has 0 heterocycles. The minimum Gasteiger partial charge on any atom is -0.372 e. The van der Waals surface area contributed by atoms with Crippen molar-refractivity contribution in [3.05, 3.63) is 23.9 Å². The van der Waals surface area contributed by atoms with Gasteiger partial charge in [-0.1, -0.05) is 26.0 Å². The molecular weight excluding hydrogens is 158 g/mol. The second-order valence-corrected chi connectivity index (χ2v) is 4.02. The highest BCUT2D eigenvalue weighted by Crippen LogP contribution is 2.09. The molecule has 1 nitrogen and oxygen atoms in total. The van der Waals surface area contributed by atoms with Gasteiger partial charge in [-0.25, -0.2) is 0 Å². The monoisotopic (exact) mass is 181 g/mol. The van der Waals surface area contributed by atoms with Gasteiger partial charge in [0.25, 0.3) is 0 Å². The fourth-order valence-corrected chi connectivity index (χ4v) is 1.01. The summed E-state index contributed by atoms with van der Waals surface area (Å²) in [5.74, 6) is 0.621. The zero-order valence-electron chi connectivity index (χ0n) is 9.83. The van der Waals surface area contributed by atoms with E-state index in [0.717, 1.165) is 0 Å². The molecule has 76 valence electrons. The Morgan fingerprint density at radius 1 is 1.15 bits per heavy atom. The Kier molecular flexibility index (Phi) is 5.52. The number of likely N-dealkylation sites (N-methyl/N-ethyl adjacent to an activating group) is 1. The molecular formula is C12H23N. The Balaban J connectivity index is 4.37. The summed E-state index contributed by atoms with van der Waals surface area (Å²) in [6.07, 6.45) is 6.58. The molecule has 0 radical (unpaired) electrons. The summed E-state index contributed by atoms with van der Waals surface area (Å²) in [6, 6.07) is 0.558. The lowest BCUT2D eigenvalue weighted by atomic mass is 10.2. The summed E-state index contributed by atoms with van der Waals surface area (Å²) >= 11 is 0. The predicted molar refractivity (Wildman–Crippen MR) is 60.6 cm³/mol. The van der Waals surface area contributed by atoms with Gasteiger partial charge in [-0.2, -0.15) is 0 Å². The second kappa shape index (κ2) is 5.85. The molecule has 0 fully saturated rings. The molecule has 0 N–H and O–H groups in total. The summed E-state index contributed by atoms with van der Waals surface area (Å²) in [5, 5.41) is 0. The molecule has 0 aliphatic rings. The lowest BCUT2D eigenvalue weighted by Gasteiger charge is -2.24. The minimum absolute atomic E-state index is 0.558. The maximum absolute atomic E-state index is 2.28. The zero-order chi connectivity index (χ0) is 10.4. The lowest BCUT2D eigenvalue weighted by Crippen LogP contribution is -2.24. The Labute approximate surface area is 83.1 Å². The van der Waals surface area contributed by atoms with Gasteiger partial charge in [0.2, 0.25) is 0 Å². The first kappa shape index (κ1) is 12.3. The van der Waals surface area contributed by atoms with Crippen LogP contribution in [0.15, 0.2) is 23.9 Å². The Morgan fingerprint density at radius 3 is 2.00 bits per heavy atom. The molecule has 0 rings (SSSR count). The van der Waals surface area contributed by atoms with Crippen LogP contribution in [0.5, 0.6) is 0 Å². The van der Waals surface area contributed by atoms with Crippen molar-refractivity contribution in [3.63, 3.8) is 0 Å². The van der Waals surface area contributed by atoms with Gasteiger partial charge in [0.05, 0.1) is 0 Å². The highest BCUT2D eigenvalue weighted by atomic mass is 15.1. The smallest absolute Gasteiger partial charge is 0.0319 e. The van der Waals surface area contributed by atoms with E-state index in [0.29, 0.717) is 12.0 Å². The van der Waals surface area contributed by atoms with Crippen molar-refractivity contribution in [3.8, 4) is 0 Å². The average Bonchev–Trinajstić information content (AvgIpc) is 2.04. The molecule has 0 aromatic carbocycles. The van der Waals surface area contributed by atoms with Gasteiger partial charge in [-0.05, 0) is 32.8 Å². The quantitative estimate of drug-likeness (QED) is 0.600. The molecule has 0 saturated heterocycles. The molecule has 0 unspecified atom stereocenters. The van der Waals surface area contributed by atoms with Crippen LogP contribution < -0.4 is 0 Å². The molecule has 13 heavy (non-hydrogen) atoms. The summed E-state index contributed by atoms with van der Waals surface area (Å²) in [7, 11) is 2.13. The predicted octanol–water partition coefficient (Wildman–Crippen LogP) is 3.44. The Hall–Kier alpha value is -0.720. The van der Waals surface area contributed by atoms with Crippen molar-refractivity contribution >= 4 is 0 Å². The highest BCUT2D eigenvalue weighted by molar-refractivity contribution is 5.17. The van der Waals surface area contributed by atoms with Crippen molar-refractivity contribution in [1.82, 2.24) is 4.90 Å². The summed E-state index contributed by atoms with van der Waals surface area (Å²) < 4.78 is 0. The molecule has 0 amide bonds. The number of hydrogen-bond acceptors (Lipinski definition) is 1. The number of allylic oxidation sites excluding steroid dienone is 3. The average molecular weight is 181 g/mol. The highest BCUT2D eigenvalue weighted by Gasteiger charge is 2.03. The first-order chi connectivity index (χ1) is 5.99. The van der Waals surface area contributed by atoms with Crippen LogP contribution >= 0.6 is 0 Å². The van der Waals surface area contributed by atoms with E-state index in [2.05, 4.69) is 64.8 Å². The fourth-order valence-electron chi connectivity index (χ4n) is 1.01. The Morgan fingerprint density at radius 2 is 1.69 bits per heavy atom. The van der Waals surface area contributed by atoms with Crippen LogP contribution in [0.2, 0.25) is 0 Å². The van der Waals surface area contributed by atoms with Crippen LogP contribution in [0.3, 0.4) is 0 Å². The maximum atomic E-state index is 2.28. The second-order valence-electron chi connectivity index (χ2n) is 4.02. The number of nitrogens with zero attached hydrogens (tertiary/aromatic N) is 1. The van der Waals surface area contributed by atoms with E-state index >= 15 is 0 Å². The van der Waals surface area contributed by atoms with Crippen LogP contribution in [0.25, 0.3) is 0 Å². The van der Waals surface area contributed by atoms with Gasteiger partial charge in [0.15, 0.2) is 0 Å². The van der Waals surface area contributed by atoms with Crippen molar-refractivity contribution in [2.24, 2.45) is 5.92 Å². The third-order valence-corrected chi connectivity index (χ3v) is 2.13. The van der Waals surface area contributed by atoms with Gasteiger partial charge < -0.3 is 4.90 Å². The minimum atomic E-state index is 0.558. The first-order valence-electron chi connectivity index (χ1n) is 5.06. The number of hydrogen-bond donors (Lipinski definition) is 0. The van der Waals surface area contributed by atoms with E-state index < -0.39 is 0 Å². The third-order valence-electron chi connectivity index (χ3n) is 2.13. The number of rotatable bonds is 4. The Bertz CT molecular complexity index is 187. The molecule has 0 saturated carbocycles. The standard InChI is InChI=1S/C12H23N/c1-7-12(9-8-10(2)3)13(6)11(4)5/h7-11H,1-6H3/b9-8-,12-7+. The molecule has 0 atom stereocenters. The van der Waals surface area contributed by atoms with Crippen molar-refractivity contribution in [1.29, 1.82) is 0 Å². The van der Waals surface area contributed by atoms with Gasteiger partial charge in [-0.3, -0.25) is 0 Å². The SMILES string of the molecule is C/C=C(\C=C/C(C)C)N(C)C(C)C. The van der Waals surface area contributed by atoms with E-state index in [1.165, 1.54) is 5.70 Å². The van der Waals surface area contributed by atoms with Gasteiger partial charge >= 0.3 is 0 Å². The molecule has 0 spiro atoms. The van der Waals surface area contributed by atoms with Gasteiger partial charge in [0.1, 0.15) is 0 Å². The van der Waals surface area contributed by atoms with E-state index in [9.17, 15) is 0 Å². The van der Waals surface area contributed by atoms with Gasteiger partial charge in [0, 0.05) is 18.8 Å². The summed E-state index contributed by atoms with van der Waals surface area (Å²) in [5.41, 5.74) is 1.30. The van der Waals surface area contributed by atoms with Crippen LogP contribution in [-0.2, 0) is 0 Å². The molecule has 0 bridgehead atoms. The lowest BCUT2D eigenvalue weighted by molar-refractivity contribution is 0.354. The normalized spacial score (nSPS) is 13.4. The van der Waals surface area contributed by atoms with Crippen molar-refractivity contribution in [2.75, 3.05) is 7.05 Å². The van der Waals surface area contributed by atoms with Crippen LogP contribution in [-0.4, -0.2) is 18.0 Å². The van der Waals surface area contributed by atoms with Crippen LogP contribution in [0, 0.1) is 5.92 Å². The van der Waals surface area contributed by atoms with E-state index in [4.69, 9.17) is 0 Å². The topological polar surface area (TPSA) is 3.24 Å². The van der Waals surface area contributed by atoms with E-state index in [1.54, 1.807) is 0 Å². The van der Waals surface area contributed by atoms with Crippen LogP contribution in [0.1, 0.15) is 34.6 Å². The largest absolute Gasteiger partial charge is 0.372 e. The molecule has 0 aliphatic heterocycles. The summed E-state index contributed by atoms with van der Waals surface area (Å²) in [6.45, 7) is 10.9. The molecule has 0 aromatic rings. The van der Waals surface area contributed by atoms with Crippen LogP contribution in [0.4, 0.5) is 0 Å². The molecule has 0 aromatic heterocycles. The van der Waals surface area contributed by atoms with E-state index in [-0.39, 0.29) is 0 Å². The fraction of sp³-hybridized carbons (Fsp3) is 0.667. The third kappa shape index (κ3) is 4.76. The first-order valence-corrected chi connectivity index (χ1v) is 5.06. The van der Waals surface area contributed by atoms with Crippen molar-refractivity contribution in [2.45, 2.75) is 40.7 Å². The molecule has 1 heteroatoms. The van der Waals surface area contributed by atoms with E-state index in [1.807, 2.05) is 0 Å². The molecule has 0 aliphatic carbocycles. The van der Waals surface area contributed by atoms with Crippen molar-refractivity contribution < 1.29 is 0 Å². The zero-order valence-corrected chi connectivity index (χ0v) is 9.83.